The predicted octanol–water partition coefficient (Wildman–Crippen LogP) is 0.673. The Morgan fingerprint density at radius 2 is 2.14 bits per heavy atom. The molecule has 0 aliphatic carbocycles. The molecule has 1 aromatic rings. The van der Waals surface area contributed by atoms with E-state index < -0.39 is 5.97 Å². The van der Waals surface area contributed by atoms with Gasteiger partial charge in [0, 0.05) is 32.7 Å². The number of aromatic carboxylic acids is 1. The molecule has 1 aromatic heterocycles. The SMILES string of the molecule is CN/C([S-])=N/N=C(C)/C=N/Nc1ccc(C(=O)O)cn1.[Zn]. The van der Waals surface area contributed by atoms with E-state index in [1.54, 1.807) is 14.0 Å². The smallest absolute Gasteiger partial charge is 0.337 e. The van der Waals surface area contributed by atoms with Gasteiger partial charge in [0.2, 0.25) is 0 Å². The van der Waals surface area contributed by atoms with E-state index in [1.807, 2.05) is 0 Å². The van der Waals surface area contributed by atoms with Crippen LogP contribution in [0.4, 0.5) is 5.82 Å². The molecule has 0 fully saturated rings. The van der Waals surface area contributed by atoms with Gasteiger partial charge in [-0.2, -0.15) is 15.3 Å². The Morgan fingerprint density at radius 3 is 2.67 bits per heavy atom. The second-order valence-corrected chi connectivity index (χ2v) is 3.89. The molecule has 0 aliphatic rings. The molecule has 21 heavy (non-hydrogen) atoms. The summed E-state index contributed by atoms with van der Waals surface area (Å²) in [6.45, 7) is 1.70. The Morgan fingerprint density at radius 1 is 1.43 bits per heavy atom. The molecule has 108 valence electrons. The van der Waals surface area contributed by atoms with Gasteiger partial charge >= 0.3 is 5.97 Å². The van der Waals surface area contributed by atoms with Gasteiger partial charge in [-0.3, -0.25) is 5.43 Å². The van der Waals surface area contributed by atoms with Crippen LogP contribution in [-0.4, -0.2) is 40.2 Å². The third kappa shape index (κ3) is 7.43. The van der Waals surface area contributed by atoms with E-state index in [0.29, 0.717) is 11.5 Å². The van der Waals surface area contributed by atoms with Crippen molar-refractivity contribution in [1.29, 1.82) is 0 Å². The Kier molecular flexibility index (Phi) is 8.99. The summed E-state index contributed by atoms with van der Waals surface area (Å²) in [4.78, 5) is 14.5. The number of anilines is 1. The number of nitrogens with zero attached hydrogens (tertiary/aromatic N) is 4. The summed E-state index contributed by atoms with van der Waals surface area (Å²) < 4.78 is 0. The first-order chi connectivity index (χ1) is 9.52. The van der Waals surface area contributed by atoms with Crippen molar-refractivity contribution in [3.8, 4) is 0 Å². The normalized spacial score (nSPS) is 11.9. The number of rotatable bonds is 5. The number of pyridine rings is 1. The van der Waals surface area contributed by atoms with Crippen LogP contribution in [0.15, 0.2) is 33.6 Å². The number of nitrogens with one attached hydrogen (secondary N) is 2. The van der Waals surface area contributed by atoms with Crippen molar-refractivity contribution in [1.82, 2.24) is 10.3 Å². The minimum atomic E-state index is -1.03. The van der Waals surface area contributed by atoms with E-state index in [1.165, 1.54) is 24.5 Å². The van der Waals surface area contributed by atoms with Crippen LogP contribution in [-0.2, 0) is 32.1 Å². The van der Waals surface area contributed by atoms with E-state index in [0.717, 1.165) is 0 Å². The molecule has 0 amide bonds. The Balaban J connectivity index is 0.00000400. The summed E-state index contributed by atoms with van der Waals surface area (Å²) in [6.07, 6.45) is 2.68. The summed E-state index contributed by atoms with van der Waals surface area (Å²) in [5.41, 5.74) is 3.28. The fourth-order valence-electron chi connectivity index (χ4n) is 0.978. The van der Waals surface area contributed by atoms with Gasteiger partial charge in [-0.25, -0.2) is 9.78 Å². The van der Waals surface area contributed by atoms with Gasteiger partial charge < -0.3 is 23.1 Å². The largest absolute Gasteiger partial charge is 0.741 e. The number of carboxylic acids is 1. The molecule has 0 saturated heterocycles. The molecule has 0 unspecified atom stereocenters. The van der Waals surface area contributed by atoms with E-state index in [2.05, 4.69) is 31.0 Å². The van der Waals surface area contributed by atoms with Crippen molar-refractivity contribution < 1.29 is 29.4 Å². The van der Waals surface area contributed by atoms with Crippen LogP contribution < -0.4 is 10.7 Å². The Bertz CT molecular complexity index is 558. The summed E-state index contributed by atoms with van der Waals surface area (Å²) in [5.74, 6) is -0.612. The van der Waals surface area contributed by atoms with Gasteiger partial charge in [0.05, 0.1) is 17.5 Å². The molecule has 3 N–H and O–H groups in total. The zero-order valence-corrected chi connectivity index (χ0v) is 15.4. The van der Waals surface area contributed by atoms with Gasteiger partial charge in [-0.15, -0.1) is 0 Å². The van der Waals surface area contributed by atoms with E-state index in [4.69, 9.17) is 17.7 Å². The van der Waals surface area contributed by atoms with Crippen LogP contribution in [0, 0.1) is 0 Å². The number of hydrazone groups is 1. The molecule has 1 rings (SSSR count). The van der Waals surface area contributed by atoms with E-state index in [-0.39, 0.29) is 30.2 Å². The van der Waals surface area contributed by atoms with Crippen molar-refractivity contribution in [2.24, 2.45) is 15.3 Å². The Hall–Kier alpha value is -1.93. The van der Waals surface area contributed by atoms with Crippen LogP contribution >= 0.6 is 0 Å². The Labute approximate surface area is 140 Å². The number of hydrogen-bond donors (Lipinski definition) is 3. The third-order valence-electron chi connectivity index (χ3n) is 1.95. The van der Waals surface area contributed by atoms with E-state index in [9.17, 15) is 4.79 Å². The quantitative estimate of drug-likeness (QED) is 0.234. The molecule has 1 heterocycles. The van der Waals surface area contributed by atoms with Crippen LogP contribution in [0.2, 0.25) is 0 Å². The molecule has 0 aromatic carbocycles. The molecular formula is C11H13N6O2SZn-. The van der Waals surface area contributed by atoms with Gasteiger partial charge in [0.1, 0.15) is 5.82 Å². The van der Waals surface area contributed by atoms with Crippen molar-refractivity contribution in [3.63, 3.8) is 0 Å². The first-order valence-electron chi connectivity index (χ1n) is 5.48. The summed E-state index contributed by atoms with van der Waals surface area (Å²) in [7, 11) is 1.65. The first kappa shape index (κ1) is 19.1. The molecular weight excluding hydrogens is 346 g/mol. The maximum atomic E-state index is 10.6. The molecule has 0 aliphatic heterocycles. The number of carboxylic acid groups (broad SMARTS) is 1. The summed E-state index contributed by atoms with van der Waals surface area (Å²) in [6, 6.07) is 2.93. The van der Waals surface area contributed by atoms with Crippen molar-refractivity contribution in [2.45, 2.75) is 6.92 Å². The van der Waals surface area contributed by atoms with Gasteiger partial charge in [0.25, 0.3) is 0 Å². The number of hydrogen-bond acceptors (Lipinski definition) is 7. The zero-order chi connectivity index (χ0) is 15.0. The monoisotopic (exact) mass is 357 g/mol. The first-order valence-corrected chi connectivity index (χ1v) is 5.89. The summed E-state index contributed by atoms with van der Waals surface area (Å²) >= 11 is 4.79. The van der Waals surface area contributed by atoms with Crippen LogP contribution in [0.25, 0.3) is 0 Å². The van der Waals surface area contributed by atoms with Crippen LogP contribution in [0.1, 0.15) is 17.3 Å². The van der Waals surface area contributed by atoms with Crippen molar-refractivity contribution in [3.05, 3.63) is 23.9 Å². The molecule has 0 saturated carbocycles. The van der Waals surface area contributed by atoms with Crippen molar-refractivity contribution >= 4 is 41.5 Å². The minimum absolute atomic E-state index is 0. The molecule has 0 spiro atoms. The fraction of sp³-hybridized carbons (Fsp3) is 0.182. The predicted molar refractivity (Wildman–Crippen MR) is 80.3 cm³/mol. The molecule has 10 heteroatoms. The second kappa shape index (κ2) is 9.90. The molecule has 8 nitrogen and oxygen atoms in total. The number of aromatic nitrogens is 1. The van der Waals surface area contributed by atoms with Gasteiger partial charge in [-0.05, 0) is 24.2 Å². The maximum absolute atomic E-state index is 10.6. The average molecular weight is 359 g/mol. The van der Waals surface area contributed by atoms with Crippen molar-refractivity contribution in [2.75, 3.05) is 12.5 Å². The minimum Gasteiger partial charge on any atom is -0.741 e. The van der Waals surface area contributed by atoms with Crippen LogP contribution in [0.5, 0.6) is 0 Å². The average Bonchev–Trinajstić information content (AvgIpc) is 2.45. The van der Waals surface area contributed by atoms with E-state index >= 15 is 0 Å². The van der Waals surface area contributed by atoms with Crippen LogP contribution in [0.3, 0.4) is 0 Å². The molecule has 0 radical (unpaired) electrons. The fourth-order valence-corrected chi connectivity index (χ4v) is 1.02. The standard InChI is InChI=1S/C11H14N6O2S.Zn/c1-7(15-17-11(20)12-2)5-14-16-9-4-3-8(6-13-9)10(18)19;/h3-6H,1-2H3,(H,13,16)(H,18,19)(H2,12,17,20);/p-1/b14-5+,15-7+;. The van der Waals surface area contributed by atoms with Gasteiger partial charge in [0.15, 0.2) is 0 Å². The topological polar surface area (TPSA) is 111 Å². The van der Waals surface area contributed by atoms with Gasteiger partial charge in [-0.1, -0.05) is 0 Å². The third-order valence-corrected chi connectivity index (χ3v) is 2.24. The zero-order valence-electron chi connectivity index (χ0n) is 11.6. The molecule has 0 bridgehead atoms. The maximum Gasteiger partial charge on any atom is 0.337 e. The second-order valence-electron chi connectivity index (χ2n) is 3.50. The summed E-state index contributed by atoms with van der Waals surface area (Å²) in [5, 5.41) is 23.0. The molecule has 0 atom stereocenters. The number of amidine groups is 1. The number of carbonyl (C=O) groups is 1.